The predicted molar refractivity (Wildman–Crippen MR) is 71.8 cm³/mol. The van der Waals surface area contributed by atoms with Gasteiger partial charge in [0.2, 0.25) is 0 Å². The van der Waals surface area contributed by atoms with Gasteiger partial charge in [0.15, 0.2) is 0 Å². The van der Waals surface area contributed by atoms with E-state index in [0.717, 1.165) is 16.9 Å². The lowest BCUT2D eigenvalue weighted by molar-refractivity contribution is 0.132. The van der Waals surface area contributed by atoms with Gasteiger partial charge < -0.3 is 9.57 Å². The zero-order valence-corrected chi connectivity index (χ0v) is 10.2. The standard InChI is InChI=1S/C15H15NO2/c1-17-15-9-7-14(8-10-15)12-18-16-11-13-5-3-2-4-6-13/h2-11H,12H2,1H3. The number of hydrogen-bond donors (Lipinski definition) is 0. The summed E-state index contributed by atoms with van der Waals surface area (Å²) in [6.45, 7) is 0.452. The van der Waals surface area contributed by atoms with Crippen LogP contribution in [0.1, 0.15) is 11.1 Å². The Labute approximate surface area is 107 Å². The van der Waals surface area contributed by atoms with Crippen molar-refractivity contribution in [3.05, 3.63) is 65.7 Å². The van der Waals surface area contributed by atoms with Crippen molar-refractivity contribution >= 4 is 6.21 Å². The summed E-state index contributed by atoms with van der Waals surface area (Å²) in [5, 5.41) is 3.92. The molecular weight excluding hydrogens is 226 g/mol. The van der Waals surface area contributed by atoms with Gasteiger partial charge in [-0.05, 0) is 23.3 Å². The van der Waals surface area contributed by atoms with Crippen molar-refractivity contribution in [3.63, 3.8) is 0 Å². The van der Waals surface area contributed by atoms with Crippen LogP contribution in [0.3, 0.4) is 0 Å². The summed E-state index contributed by atoms with van der Waals surface area (Å²) in [6, 6.07) is 17.6. The third kappa shape index (κ3) is 3.63. The van der Waals surface area contributed by atoms with Gasteiger partial charge in [-0.15, -0.1) is 0 Å². The monoisotopic (exact) mass is 241 g/mol. The highest BCUT2D eigenvalue weighted by atomic mass is 16.6. The Kier molecular flexibility index (Phi) is 4.36. The quantitative estimate of drug-likeness (QED) is 0.594. The summed E-state index contributed by atoms with van der Waals surface area (Å²) in [7, 11) is 1.65. The molecule has 2 aromatic rings. The van der Waals surface area contributed by atoms with Crippen LogP contribution in [0.4, 0.5) is 0 Å². The molecule has 0 aliphatic rings. The molecule has 0 radical (unpaired) electrons. The molecule has 0 heterocycles. The molecule has 0 aliphatic carbocycles. The van der Waals surface area contributed by atoms with Crippen LogP contribution >= 0.6 is 0 Å². The van der Waals surface area contributed by atoms with Crippen LogP contribution in [0, 0.1) is 0 Å². The molecule has 3 nitrogen and oxygen atoms in total. The number of benzene rings is 2. The minimum Gasteiger partial charge on any atom is -0.497 e. The van der Waals surface area contributed by atoms with Gasteiger partial charge in [0.05, 0.1) is 13.3 Å². The molecule has 3 heteroatoms. The van der Waals surface area contributed by atoms with Crippen molar-refractivity contribution in [3.8, 4) is 5.75 Å². The summed E-state index contributed by atoms with van der Waals surface area (Å²) in [5.74, 6) is 0.839. The topological polar surface area (TPSA) is 30.8 Å². The van der Waals surface area contributed by atoms with Gasteiger partial charge in [0.1, 0.15) is 12.4 Å². The molecule has 0 aromatic heterocycles. The minimum atomic E-state index is 0.452. The number of rotatable bonds is 5. The van der Waals surface area contributed by atoms with Crippen LogP contribution in [0.15, 0.2) is 59.8 Å². The average molecular weight is 241 g/mol. The van der Waals surface area contributed by atoms with Crippen LogP contribution in [0.2, 0.25) is 0 Å². The van der Waals surface area contributed by atoms with E-state index in [9.17, 15) is 0 Å². The van der Waals surface area contributed by atoms with E-state index >= 15 is 0 Å². The minimum absolute atomic E-state index is 0.452. The van der Waals surface area contributed by atoms with Crippen molar-refractivity contribution in [1.82, 2.24) is 0 Å². The zero-order chi connectivity index (χ0) is 12.6. The lowest BCUT2D eigenvalue weighted by atomic mass is 10.2. The molecule has 0 spiro atoms. The Morgan fingerprint density at radius 1 is 1.00 bits per heavy atom. The smallest absolute Gasteiger partial charge is 0.142 e. The maximum absolute atomic E-state index is 5.23. The fourth-order valence-corrected chi connectivity index (χ4v) is 1.47. The molecule has 0 fully saturated rings. The van der Waals surface area contributed by atoms with Crippen molar-refractivity contribution in [1.29, 1.82) is 0 Å². The van der Waals surface area contributed by atoms with E-state index in [2.05, 4.69) is 5.16 Å². The van der Waals surface area contributed by atoms with E-state index in [4.69, 9.17) is 9.57 Å². The summed E-state index contributed by atoms with van der Waals surface area (Å²) in [6.07, 6.45) is 1.70. The van der Waals surface area contributed by atoms with E-state index in [1.807, 2.05) is 54.6 Å². The van der Waals surface area contributed by atoms with Crippen molar-refractivity contribution in [2.24, 2.45) is 5.16 Å². The molecule has 0 amide bonds. The molecule has 0 atom stereocenters. The number of nitrogens with zero attached hydrogens (tertiary/aromatic N) is 1. The Hall–Kier alpha value is -2.29. The summed E-state index contributed by atoms with van der Waals surface area (Å²) >= 11 is 0. The number of ether oxygens (including phenoxy) is 1. The molecular formula is C15H15NO2. The maximum Gasteiger partial charge on any atom is 0.142 e. The van der Waals surface area contributed by atoms with E-state index in [1.54, 1.807) is 13.3 Å². The van der Waals surface area contributed by atoms with Gasteiger partial charge in [-0.25, -0.2) is 0 Å². The second kappa shape index (κ2) is 6.45. The Bertz CT molecular complexity index is 492. The number of hydrogen-bond acceptors (Lipinski definition) is 3. The normalized spacial score (nSPS) is 10.5. The molecule has 0 saturated carbocycles. The first-order valence-electron chi connectivity index (χ1n) is 5.72. The molecule has 18 heavy (non-hydrogen) atoms. The van der Waals surface area contributed by atoms with Gasteiger partial charge in [-0.2, -0.15) is 0 Å². The van der Waals surface area contributed by atoms with Crippen LogP contribution in [-0.4, -0.2) is 13.3 Å². The molecule has 0 saturated heterocycles. The third-order valence-corrected chi connectivity index (χ3v) is 2.47. The maximum atomic E-state index is 5.23. The van der Waals surface area contributed by atoms with Crippen LogP contribution in [0.5, 0.6) is 5.75 Å². The molecule has 0 unspecified atom stereocenters. The van der Waals surface area contributed by atoms with Crippen molar-refractivity contribution < 1.29 is 9.57 Å². The first kappa shape index (κ1) is 12.2. The summed E-state index contributed by atoms with van der Waals surface area (Å²) < 4.78 is 5.08. The highest BCUT2D eigenvalue weighted by Crippen LogP contribution is 2.11. The molecule has 0 bridgehead atoms. The second-order valence-corrected chi connectivity index (χ2v) is 3.77. The largest absolute Gasteiger partial charge is 0.497 e. The van der Waals surface area contributed by atoms with Gasteiger partial charge in [0, 0.05) is 0 Å². The SMILES string of the molecule is COc1ccc(CON=Cc2ccccc2)cc1. The fraction of sp³-hybridized carbons (Fsp3) is 0.133. The van der Waals surface area contributed by atoms with E-state index < -0.39 is 0 Å². The molecule has 2 aromatic carbocycles. The number of methoxy groups -OCH3 is 1. The third-order valence-electron chi connectivity index (χ3n) is 2.47. The van der Waals surface area contributed by atoms with Crippen LogP contribution in [-0.2, 0) is 11.4 Å². The fourth-order valence-electron chi connectivity index (χ4n) is 1.47. The lowest BCUT2D eigenvalue weighted by Gasteiger charge is -2.02. The molecule has 92 valence electrons. The summed E-state index contributed by atoms with van der Waals surface area (Å²) in [5.41, 5.74) is 2.08. The van der Waals surface area contributed by atoms with Gasteiger partial charge in [-0.1, -0.05) is 47.6 Å². The first-order chi connectivity index (χ1) is 8.88. The highest BCUT2D eigenvalue weighted by Gasteiger charge is 1.94. The molecule has 2 rings (SSSR count). The molecule has 0 aliphatic heterocycles. The lowest BCUT2D eigenvalue weighted by Crippen LogP contribution is -1.89. The van der Waals surface area contributed by atoms with E-state index in [1.165, 1.54) is 0 Å². The first-order valence-corrected chi connectivity index (χ1v) is 5.72. The average Bonchev–Trinajstić information content (AvgIpc) is 2.45. The predicted octanol–water partition coefficient (Wildman–Crippen LogP) is 3.25. The van der Waals surface area contributed by atoms with Crippen LogP contribution in [0.25, 0.3) is 0 Å². The van der Waals surface area contributed by atoms with E-state index in [0.29, 0.717) is 6.61 Å². The van der Waals surface area contributed by atoms with Crippen molar-refractivity contribution in [2.75, 3.05) is 7.11 Å². The summed E-state index contributed by atoms with van der Waals surface area (Å²) in [4.78, 5) is 5.23. The number of oxime groups is 1. The Morgan fingerprint density at radius 2 is 1.72 bits per heavy atom. The Morgan fingerprint density at radius 3 is 2.39 bits per heavy atom. The van der Waals surface area contributed by atoms with Crippen molar-refractivity contribution in [2.45, 2.75) is 6.61 Å². The highest BCUT2D eigenvalue weighted by molar-refractivity contribution is 5.78. The van der Waals surface area contributed by atoms with Gasteiger partial charge >= 0.3 is 0 Å². The Balaban J connectivity index is 1.83. The van der Waals surface area contributed by atoms with Gasteiger partial charge in [0.25, 0.3) is 0 Å². The molecule has 0 N–H and O–H groups in total. The van der Waals surface area contributed by atoms with E-state index in [-0.39, 0.29) is 0 Å². The zero-order valence-electron chi connectivity index (χ0n) is 10.2. The van der Waals surface area contributed by atoms with Gasteiger partial charge in [-0.3, -0.25) is 0 Å². The second-order valence-electron chi connectivity index (χ2n) is 3.77. The van der Waals surface area contributed by atoms with Crippen LogP contribution < -0.4 is 4.74 Å².